The number of aryl methyl sites for hydroxylation is 1. The second kappa shape index (κ2) is 4.69. The number of benzene rings is 1. The van der Waals surface area contributed by atoms with Crippen molar-refractivity contribution in [2.75, 3.05) is 11.9 Å². The van der Waals surface area contributed by atoms with Gasteiger partial charge in [0.1, 0.15) is 5.78 Å². The minimum atomic E-state index is 0.425. The molecule has 0 unspecified atom stereocenters. The van der Waals surface area contributed by atoms with Crippen LogP contribution in [-0.2, 0) is 4.79 Å². The minimum absolute atomic E-state index is 0.425. The molecule has 1 aliphatic carbocycles. The number of Topliss-reactive ketones (excluding diaryl/α,β-unsaturated/α-hetero) is 1. The van der Waals surface area contributed by atoms with Crippen molar-refractivity contribution in [2.24, 2.45) is 0 Å². The predicted molar refractivity (Wildman–Crippen MR) is 66.8 cm³/mol. The molecule has 0 amide bonds. The standard InChI is InChI=1S/C14H19NO/c1-11-3-5-12(6-4-11)15(2)13-7-9-14(16)10-8-13/h3-6,13H,7-10H2,1-2H3. The molecule has 1 aromatic carbocycles. The SMILES string of the molecule is Cc1ccc(N(C)C2CCC(=O)CC2)cc1. The Morgan fingerprint density at radius 2 is 1.69 bits per heavy atom. The third-order valence-electron chi connectivity index (χ3n) is 3.50. The van der Waals surface area contributed by atoms with Crippen molar-refractivity contribution in [2.45, 2.75) is 38.6 Å². The van der Waals surface area contributed by atoms with Crippen LogP contribution < -0.4 is 4.90 Å². The molecule has 1 fully saturated rings. The zero-order valence-corrected chi connectivity index (χ0v) is 10.1. The molecule has 0 N–H and O–H groups in total. The summed E-state index contributed by atoms with van der Waals surface area (Å²) in [4.78, 5) is 13.5. The van der Waals surface area contributed by atoms with E-state index in [1.165, 1.54) is 11.3 Å². The van der Waals surface area contributed by atoms with E-state index < -0.39 is 0 Å². The predicted octanol–water partition coefficient (Wildman–Crippen LogP) is 2.94. The van der Waals surface area contributed by atoms with Gasteiger partial charge in [-0.3, -0.25) is 4.79 Å². The molecule has 16 heavy (non-hydrogen) atoms. The Kier molecular flexibility index (Phi) is 3.28. The van der Waals surface area contributed by atoms with E-state index in [-0.39, 0.29) is 0 Å². The monoisotopic (exact) mass is 217 g/mol. The largest absolute Gasteiger partial charge is 0.372 e. The fourth-order valence-electron chi connectivity index (χ4n) is 2.30. The Morgan fingerprint density at radius 3 is 2.25 bits per heavy atom. The van der Waals surface area contributed by atoms with E-state index in [9.17, 15) is 4.79 Å². The summed E-state index contributed by atoms with van der Waals surface area (Å²) in [5, 5.41) is 0. The van der Waals surface area contributed by atoms with Gasteiger partial charge in [0.05, 0.1) is 0 Å². The smallest absolute Gasteiger partial charge is 0.133 e. The summed E-state index contributed by atoms with van der Waals surface area (Å²) in [6.45, 7) is 2.10. The van der Waals surface area contributed by atoms with Crippen LogP contribution in [0.2, 0.25) is 0 Å². The fraction of sp³-hybridized carbons (Fsp3) is 0.500. The third-order valence-corrected chi connectivity index (χ3v) is 3.50. The molecule has 0 spiro atoms. The second-order valence-corrected chi connectivity index (χ2v) is 4.72. The summed E-state index contributed by atoms with van der Waals surface area (Å²) in [5.74, 6) is 0.425. The van der Waals surface area contributed by atoms with E-state index in [1.54, 1.807) is 0 Å². The van der Waals surface area contributed by atoms with Crippen LogP contribution in [0.3, 0.4) is 0 Å². The second-order valence-electron chi connectivity index (χ2n) is 4.72. The van der Waals surface area contributed by atoms with E-state index in [0.717, 1.165) is 25.7 Å². The summed E-state index contributed by atoms with van der Waals surface area (Å²) in [5.41, 5.74) is 2.54. The summed E-state index contributed by atoms with van der Waals surface area (Å²) >= 11 is 0. The lowest BCUT2D eigenvalue weighted by Gasteiger charge is -2.32. The van der Waals surface area contributed by atoms with Gasteiger partial charge in [0.25, 0.3) is 0 Å². The van der Waals surface area contributed by atoms with Crippen molar-refractivity contribution in [1.82, 2.24) is 0 Å². The Labute approximate surface area is 97.3 Å². The fourth-order valence-corrected chi connectivity index (χ4v) is 2.30. The molecule has 0 saturated heterocycles. The Hall–Kier alpha value is -1.31. The molecular weight excluding hydrogens is 198 g/mol. The number of anilines is 1. The van der Waals surface area contributed by atoms with Gasteiger partial charge in [0, 0.05) is 31.6 Å². The minimum Gasteiger partial charge on any atom is -0.372 e. The third kappa shape index (κ3) is 2.43. The van der Waals surface area contributed by atoms with Crippen molar-refractivity contribution < 1.29 is 4.79 Å². The van der Waals surface area contributed by atoms with Crippen molar-refractivity contribution in [3.8, 4) is 0 Å². The van der Waals surface area contributed by atoms with Crippen LogP contribution >= 0.6 is 0 Å². The van der Waals surface area contributed by atoms with Crippen LogP contribution in [0.25, 0.3) is 0 Å². The van der Waals surface area contributed by atoms with Gasteiger partial charge in [-0.25, -0.2) is 0 Å². The normalized spacial score (nSPS) is 17.5. The average Bonchev–Trinajstić information content (AvgIpc) is 2.30. The van der Waals surface area contributed by atoms with Crippen LogP contribution in [0.1, 0.15) is 31.2 Å². The van der Waals surface area contributed by atoms with E-state index >= 15 is 0 Å². The molecule has 86 valence electrons. The highest BCUT2D eigenvalue weighted by Gasteiger charge is 2.22. The van der Waals surface area contributed by atoms with Crippen molar-refractivity contribution in [3.63, 3.8) is 0 Å². The molecular formula is C14H19NO. The van der Waals surface area contributed by atoms with Gasteiger partial charge in [0.2, 0.25) is 0 Å². The first-order chi connectivity index (χ1) is 7.66. The number of carbonyl (C=O) groups excluding carboxylic acids is 1. The molecule has 2 heteroatoms. The molecule has 1 aromatic rings. The van der Waals surface area contributed by atoms with Crippen molar-refractivity contribution in [1.29, 1.82) is 0 Å². The maximum Gasteiger partial charge on any atom is 0.133 e. The Morgan fingerprint density at radius 1 is 1.12 bits per heavy atom. The molecule has 0 aromatic heterocycles. The highest BCUT2D eigenvalue weighted by Crippen LogP contribution is 2.24. The number of hydrogen-bond donors (Lipinski definition) is 0. The maximum absolute atomic E-state index is 11.2. The molecule has 0 heterocycles. The molecule has 0 aliphatic heterocycles. The number of nitrogens with zero attached hydrogens (tertiary/aromatic N) is 1. The Bertz CT molecular complexity index is 359. The summed E-state index contributed by atoms with van der Waals surface area (Å²) in [6, 6.07) is 9.12. The first kappa shape index (κ1) is 11.2. The van der Waals surface area contributed by atoms with Crippen LogP contribution in [0.15, 0.2) is 24.3 Å². The molecule has 2 rings (SSSR count). The zero-order chi connectivity index (χ0) is 11.5. The van der Waals surface area contributed by atoms with Crippen LogP contribution in [0.4, 0.5) is 5.69 Å². The van der Waals surface area contributed by atoms with Gasteiger partial charge in [0.15, 0.2) is 0 Å². The van der Waals surface area contributed by atoms with Crippen LogP contribution in [0, 0.1) is 6.92 Å². The first-order valence-electron chi connectivity index (χ1n) is 5.98. The molecule has 2 nitrogen and oxygen atoms in total. The zero-order valence-electron chi connectivity index (χ0n) is 10.1. The van der Waals surface area contributed by atoms with Crippen LogP contribution in [0.5, 0.6) is 0 Å². The molecule has 0 bridgehead atoms. The highest BCUT2D eigenvalue weighted by atomic mass is 16.1. The topological polar surface area (TPSA) is 20.3 Å². The lowest BCUT2D eigenvalue weighted by Crippen LogP contribution is -2.35. The quantitative estimate of drug-likeness (QED) is 0.759. The average molecular weight is 217 g/mol. The summed E-state index contributed by atoms with van der Waals surface area (Å²) < 4.78 is 0. The number of carbonyl (C=O) groups is 1. The number of ketones is 1. The Balaban J connectivity index is 2.04. The maximum atomic E-state index is 11.2. The van der Waals surface area contributed by atoms with Gasteiger partial charge in [-0.2, -0.15) is 0 Å². The number of rotatable bonds is 2. The molecule has 1 saturated carbocycles. The molecule has 0 atom stereocenters. The lowest BCUT2D eigenvalue weighted by molar-refractivity contribution is -0.120. The molecule has 1 aliphatic rings. The lowest BCUT2D eigenvalue weighted by atomic mass is 9.93. The van der Waals surface area contributed by atoms with E-state index in [4.69, 9.17) is 0 Å². The van der Waals surface area contributed by atoms with E-state index in [2.05, 4.69) is 43.1 Å². The van der Waals surface area contributed by atoms with Gasteiger partial charge >= 0.3 is 0 Å². The summed E-state index contributed by atoms with van der Waals surface area (Å²) in [6.07, 6.45) is 3.51. The van der Waals surface area contributed by atoms with Gasteiger partial charge in [-0.1, -0.05) is 17.7 Å². The van der Waals surface area contributed by atoms with Crippen LogP contribution in [-0.4, -0.2) is 18.9 Å². The van der Waals surface area contributed by atoms with Crippen molar-refractivity contribution in [3.05, 3.63) is 29.8 Å². The van der Waals surface area contributed by atoms with E-state index in [0.29, 0.717) is 11.8 Å². The summed E-state index contributed by atoms with van der Waals surface area (Å²) in [7, 11) is 2.13. The molecule has 0 radical (unpaired) electrons. The van der Waals surface area contributed by atoms with Crippen molar-refractivity contribution >= 4 is 11.5 Å². The van der Waals surface area contributed by atoms with Gasteiger partial charge in [-0.15, -0.1) is 0 Å². The van der Waals surface area contributed by atoms with Gasteiger partial charge in [-0.05, 0) is 31.9 Å². The van der Waals surface area contributed by atoms with E-state index in [1.807, 2.05) is 0 Å². The highest BCUT2D eigenvalue weighted by molar-refractivity contribution is 5.79. The number of hydrogen-bond acceptors (Lipinski definition) is 2. The first-order valence-corrected chi connectivity index (χ1v) is 5.98. The van der Waals surface area contributed by atoms with Gasteiger partial charge < -0.3 is 4.90 Å².